The lowest BCUT2D eigenvalue weighted by molar-refractivity contribution is 0.356. The lowest BCUT2D eigenvalue weighted by atomic mass is 10.00. The maximum Gasteiger partial charge on any atom is 0.208 e. The van der Waals surface area contributed by atoms with Crippen molar-refractivity contribution in [2.75, 3.05) is 26.0 Å². The van der Waals surface area contributed by atoms with Crippen LogP contribution in [0.4, 0.5) is 10.3 Å². The van der Waals surface area contributed by atoms with E-state index in [9.17, 15) is 9.65 Å². The third-order valence-corrected chi connectivity index (χ3v) is 5.57. The van der Waals surface area contributed by atoms with E-state index >= 15 is 0 Å². The molecule has 0 saturated carbocycles. The number of hydrogen-bond donors (Lipinski definition) is 1. The molecule has 2 unspecified atom stereocenters. The summed E-state index contributed by atoms with van der Waals surface area (Å²) in [6.07, 6.45) is 1.69. The second-order valence-corrected chi connectivity index (χ2v) is 8.32. The van der Waals surface area contributed by atoms with Gasteiger partial charge in [-0.1, -0.05) is 18.2 Å². The molecule has 4 aromatic rings. The molecule has 1 aliphatic rings. The summed E-state index contributed by atoms with van der Waals surface area (Å²) in [4.78, 5) is 10.9. The molecule has 0 saturated heterocycles. The number of hydrogen-bond acceptors (Lipinski definition) is 6. The Bertz CT molecular complexity index is 1600. The quantitative estimate of drug-likeness (QED) is 0.462. The number of rotatable bonds is 6. The van der Waals surface area contributed by atoms with Gasteiger partial charge in [0.15, 0.2) is 11.3 Å². The van der Waals surface area contributed by atoms with Gasteiger partial charge in [0.1, 0.15) is 17.6 Å². The Morgan fingerprint density at radius 1 is 1.32 bits per heavy atom. The lowest BCUT2D eigenvalue weighted by Gasteiger charge is -2.15. The summed E-state index contributed by atoms with van der Waals surface area (Å²) in [5, 5.41) is 12.2. The molecule has 3 heterocycles. The molecule has 0 fully saturated rings. The van der Waals surface area contributed by atoms with Crippen molar-refractivity contribution in [2.24, 2.45) is 0 Å². The van der Waals surface area contributed by atoms with Crippen molar-refractivity contribution in [1.29, 1.82) is 5.26 Å². The number of aromatic nitrogens is 3. The van der Waals surface area contributed by atoms with Crippen LogP contribution in [0.2, 0.25) is 0 Å². The van der Waals surface area contributed by atoms with Gasteiger partial charge in [-0.2, -0.15) is 5.26 Å². The normalized spacial score (nSPS) is 19.1. The maximum atomic E-state index is 15.0. The van der Waals surface area contributed by atoms with Crippen LogP contribution in [0, 0.1) is 24.1 Å². The topological polar surface area (TPSA) is 78.5 Å². The van der Waals surface area contributed by atoms with Crippen LogP contribution in [-0.2, 0) is 19.4 Å². The van der Waals surface area contributed by atoms with E-state index in [4.69, 9.17) is 10.2 Å². The summed E-state index contributed by atoms with van der Waals surface area (Å²) in [7, 11) is 3.99. The molecule has 0 bridgehead atoms. The first-order chi connectivity index (χ1) is 18.0. The number of nitriles is 1. The summed E-state index contributed by atoms with van der Waals surface area (Å²) in [5.41, 5.74) is 3.67. The molecule has 1 aliphatic heterocycles. The van der Waals surface area contributed by atoms with Crippen LogP contribution >= 0.6 is 0 Å². The van der Waals surface area contributed by atoms with E-state index in [1.165, 1.54) is 22.9 Å². The smallest absolute Gasteiger partial charge is 0.208 e. The van der Waals surface area contributed by atoms with E-state index in [1.807, 2.05) is 39.2 Å². The molecule has 0 radical (unpaired) electrons. The highest BCUT2D eigenvalue weighted by Gasteiger charge is 2.20. The first-order valence-corrected chi connectivity index (χ1v) is 10.6. The number of halogens is 1. The Morgan fingerprint density at radius 3 is 2.94 bits per heavy atom. The minimum absolute atomic E-state index is 0.00972. The Balaban J connectivity index is 1.60. The molecule has 5 rings (SSSR count). The number of anilines is 1. The van der Waals surface area contributed by atoms with Crippen molar-refractivity contribution in [3.05, 3.63) is 76.5 Å². The van der Waals surface area contributed by atoms with Crippen molar-refractivity contribution in [3.63, 3.8) is 0 Å². The van der Waals surface area contributed by atoms with Crippen molar-refractivity contribution in [1.82, 2.24) is 19.3 Å². The average molecular weight is 461 g/mol. The van der Waals surface area contributed by atoms with Crippen LogP contribution in [0.5, 0.6) is 5.75 Å². The number of nitrogens with zero attached hydrogens (tertiary/aromatic N) is 5. The molecule has 2 atom stereocenters. The summed E-state index contributed by atoms with van der Waals surface area (Å²) in [6, 6.07) is 10.4. The first-order valence-electron chi connectivity index (χ1n) is 12.8. The molecule has 8 heteroatoms. The van der Waals surface area contributed by atoms with Crippen LogP contribution in [-0.4, -0.2) is 39.9 Å². The largest absolute Gasteiger partial charge is 0.493 e. The molecule has 2 aromatic heterocycles. The van der Waals surface area contributed by atoms with E-state index in [0.717, 1.165) is 29.3 Å². The molecule has 1 N–H and O–H groups in total. The van der Waals surface area contributed by atoms with Crippen LogP contribution in [0.15, 0.2) is 42.7 Å². The zero-order valence-electron chi connectivity index (χ0n) is 22.9. The summed E-state index contributed by atoms with van der Waals surface area (Å²) < 4.78 is 55.3. The van der Waals surface area contributed by atoms with Gasteiger partial charge < -0.3 is 15.0 Å². The van der Waals surface area contributed by atoms with E-state index in [1.54, 1.807) is 0 Å². The third-order valence-electron chi connectivity index (χ3n) is 5.57. The monoisotopic (exact) mass is 460 g/mol. The molecule has 2 aromatic carbocycles. The Hall–Kier alpha value is -3.96. The van der Waals surface area contributed by atoms with E-state index in [0.29, 0.717) is 11.2 Å². The van der Waals surface area contributed by atoms with Crippen molar-refractivity contribution in [3.8, 4) is 22.9 Å². The fraction of sp³-hybridized carbons (Fsp3) is 0.269. The van der Waals surface area contributed by atoms with Crippen LogP contribution in [0.25, 0.3) is 16.8 Å². The Morgan fingerprint density at radius 2 is 2.18 bits per heavy atom. The fourth-order valence-corrected chi connectivity index (χ4v) is 4.07. The van der Waals surface area contributed by atoms with Crippen LogP contribution in [0.3, 0.4) is 0 Å². The standard InChI is InChI=1S/C26H25FN6O/c1-16-10-17(14-32(2)3)4-5-19(16)22-13-30-26(33-15-18(11-28)31-25(22)33)29-12-21-20-8-9-34-24(20)7-6-23(21)27/h4-7,10,13,15H,8-9,12,14H2,1-3H3,(H,29,30)/i8D,9D,12D2. The van der Waals surface area contributed by atoms with Gasteiger partial charge in [-0.05, 0) is 49.8 Å². The van der Waals surface area contributed by atoms with Gasteiger partial charge in [-0.3, -0.25) is 4.40 Å². The molecular weight excluding hydrogens is 431 g/mol. The number of aryl methyl sites for hydroxylation is 1. The molecule has 172 valence electrons. The maximum absolute atomic E-state index is 15.0. The van der Waals surface area contributed by atoms with Gasteiger partial charge in [-0.15, -0.1) is 0 Å². The molecule has 0 spiro atoms. The molecule has 0 aliphatic carbocycles. The number of ether oxygens (including phenoxy) is 1. The minimum atomic E-state index is -2.54. The predicted molar refractivity (Wildman–Crippen MR) is 128 cm³/mol. The van der Waals surface area contributed by atoms with Crippen molar-refractivity contribution in [2.45, 2.75) is 26.4 Å². The molecule has 34 heavy (non-hydrogen) atoms. The molecule has 7 nitrogen and oxygen atoms in total. The summed E-state index contributed by atoms with van der Waals surface area (Å²) >= 11 is 0. The molecule has 0 amide bonds. The van der Waals surface area contributed by atoms with E-state index in [-0.39, 0.29) is 23.0 Å². The van der Waals surface area contributed by atoms with E-state index < -0.39 is 30.9 Å². The zero-order valence-corrected chi connectivity index (χ0v) is 18.9. The number of nitrogens with one attached hydrogen (secondary N) is 1. The van der Waals surface area contributed by atoms with Gasteiger partial charge in [0.05, 0.1) is 16.9 Å². The first kappa shape index (κ1) is 17.5. The molecular formula is C26H25FN6O. The fourth-order valence-electron chi connectivity index (χ4n) is 4.07. The average Bonchev–Trinajstić information content (AvgIpc) is 3.41. The zero-order chi connectivity index (χ0) is 27.4. The number of imidazole rings is 1. The highest BCUT2D eigenvalue weighted by molar-refractivity contribution is 5.80. The second kappa shape index (κ2) is 8.76. The number of fused-ring (bicyclic) bond motifs is 2. The van der Waals surface area contributed by atoms with Crippen LogP contribution in [0.1, 0.15) is 33.4 Å². The highest BCUT2D eigenvalue weighted by Crippen LogP contribution is 2.32. The van der Waals surface area contributed by atoms with Gasteiger partial charge in [-0.25, -0.2) is 14.4 Å². The van der Waals surface area contributed by atoms with Crippen molar-refractivity contribution >= 4 is 11.6 Å². The Labute approximate surface area is 203 Å². The van der Waals surface area contributed by atoms with Gasteiger partial charge in [0.25, 0.3) is 0 Å². The van der Waals surface area contributed by atoms with Crippen LogP contribution < -0.4 is 10.1 Å². The van der Waals surface area contributed by atoms with Gasteiger partial charge >= 0.3 is 0 Å². The number of benzene rings is 2. The minimum Gasteiger partial charge on any atom is -0.493 e. The Kier molecular flexibility index (Phi) is 4.51. The van der Waals surface area contributed by atoms with Gasteiger partial charge in [0, 0.05) is 43.7 Å². The van der Waals surface area contributed by atoms with E-state index in [2.05, 4.69) is 26.3 Å². The lowest BCUT2D eigenvalue weighted by Crippen LogP contribution is -2.11. The summed E-state index contributed by atoms with van der Waals surface area (Å²) in [6.45, 7) is -1.07. The SMILES string of the molecule is [2H]C1Oc2ccc(F)c(C([2H])([2H])Nc3ncc(-c4ccc(CN(C)C)cc4C)c4nc(C#N)cn34)c2C1[2H]. The third kappa shape index (κ3) is 3.95. The second-order valence-electron chi connectivity index (χ2n) is 8.32. The highest BCUT2D eigenvalue weighted by atomic mass is 19.1. The van der Waals surface area contributed by atoms with Crippen molar-refractivity contribution < 1.29 is 14.6 Å². The predicted octanol–water partition coefficient (Wildman–Crippen LogP) is 4.32. The summed E-state index contributed by atoms with van der Waals surface area (Å²) in [5.74, 6) is -0.784. The van der Waals surface area contributed by atoms with Gasteiger partial charge in [0.2, 0.25) is 5.95 Å².